The quantitative estimate of drug-likeness (QED) is 0.595. The highest BCUT2D eigenvalue weighted by Crippen LogP contribution is 2.24. The average molecular weight is 350 g/mol. The van der Waals surface area contributed by atoms with Gasteiger partial charge in [-0.15, -0.1) is 11.8 Å². The van der Waals surface area contributed by atoms with Gasteiger partial charge >= 0.3 is 0 Å². The molecule has 0 fully saturated rings. The first-order chi connectivity index (χ1) is 11.1. The summed E-state index contributed by atoms with van der Waals surface area (Å²) in [7, 11) is 0. The first kappa shape index (κ1) is 17.5. The Hall–Kier alpha value is -1.82. The Balaban J connectivity index is 2.21. The van der Waals surface area contributed by atoms with Crippen LogP contribution in [0.2, 0.25) is 5.02 Å². The Morgan fingerprint density at radius 3 is 2.57 bits per heavy atom. The molecule has 0 bridgehead atoms. The molecule has 4 nitrogen and oxygen atoms in total. The number of halogens is 1. The standard InChI is InChI=1S/C17H16ClNO3S/c18-13-6-7-15(19-16(21)11-23-9-8-20)14(10-13)17(22)12-4-2-1-3-5-12/h1-7,10,20H,8-9,11H2,(H,19,21). The van der Waals surface area contributed by atoms with Gasteiger partial charge in [0.1, 0.15) is 0 Å². The molecule has 0 atom stereocenters. The second kappa shape index (κ2) is 8.72. The van der Waals surface area contributed by atoms with E-state index in [1.54, 1.807) is 42.5 Å². The van der Waals surface area contributed by atoms with Crippen molar-refractivity contribution in [1.29, 1.82) is 0 Å². The number of hydrogen-bond donors (Lipinski definition) is 2. The molecule has 2 aromatic rings. The molecule has 0 aliphatic carbocycles. The van der Waals surface area contributed by atoms with E-state index in [-0.39, 0.29) is 24.1 Å². The lowest BCUT2D eigenvalue weighted by Crippen LogP contribution is -2.17. The predicted octanol–water partition coefficient (Wildman–Crippen LogP) is 3.24. The van der Waals surface area contributed by atoms with Crippen LogP contribution in [0.25, 0.3) is 0 Å². The molecule has 0 saturated heterocycles. The Bertz CT molecular complexity index is 691. The first-order valence-electron chi connectivity index (χ1n) is 6.99. The van der Waals surface area contributed by atoms with Crippen LogP contribution in [0.1, 0.15) is 15.9 Å². The summed E-state index contributed by atoms with van der Waals surface area (Å²) in [6, 6.07) is 13.6. The zero-order chi connectivity index (χ0) is 16.7. The summed E-state index contributed by atoms with van der Waals surface area (Å²) in [4.78, 5) is 24.5. The summed E-state index contributed by atoms with van der Waals surface area (Å²) in [6.07, 6.45) is 0. The molecule has 2 rings (SSSR count). The van der Waals surface area contributed by atoms with Crippen molar-refractivity contribution in [1.82, 2.24) is 0 Å². The van der Waals surface area contributed by atoms with E-state index in [1.807, 2.05) is 6.07 Å². The molecule has 0 radical (unpaired) electrons. The second-order valence-corrected chi connectivity index (χ2v) is 6.25. The summed E-state index contributed by atoms with van der Waals surface area (Å²) >= 11 is 7.31. The molecule has 0 heterocycles. The summed E-state index contributed by atoms with van der Waals surface area (Å²) in [5, 5.41) is 11.9. The van der Waals surface area contributed by atoms with Crippen molar-refractivity contribution in [2.24, 2.45) is 0 Å². The maximum absolute atomic E-state index is 12.6. The molecule has 1 amide bonds. The average Bonchev–Trinajstić information content (AvgIpc) is 2.57. The van der Waals surface area contributed by atoms with E-state index < -0.39 is 0 Å². The number of rotatable bonds is 7. The SMILES string of the molecule is O=C(CSCCO)Nc1ccc(Cl)cc1C(=O)c1ccccc1. The largest absolute Gasteiger partial charge is 0.396 e. The highest BCUT2D eigenvalue weighted by Gasteiger charge is 2.15. The van der Waals surface area contributed by atoms with Crippen LogP contribution >= 0.6 is 23.4 Å². The third-order valence-electron chi connectivity index (χ3n) is 3.01. The molecular weight excluding hydrogens is 334 g/mol. The van der Waals surface area contributed by atoms with Crippen molar-refractivity contribution in [2.75, 3.05) is 23.4 Å². The second-order valence-electron chi connectivity index (χ2n) is 4.71. The van der Waals surface area contributed by atoms with Gasteiger partial charge in [-0.2, -0.15) is 0 Å². The van der Waals surface area contributed by atoms with Gasteiger partial charge in [-0.25, -0.2) is 0 Å². The molecule has 0 aliphatic rings. The number of aliphatic hydroxyl groups is 1. The van der Waals surface area contributed by atoms with Crippen LogP contribution in [0.4, 0.5) is 5.69 Å². The van der Waals surface area contributed by atoms with E-state index in [0.717, 1.165) is 0 Å². The maximum Gasteiger partial charge on any atom is 0.234 e. The molecule has 0 saturated carbocycles. The predicted molar refractivity (Wildman–Crippen MR) is 94.4 cm³/mol. The Morgan fingerprint density at radius 2 is 1.87 bits per heavy atom. The Labute approximate surface area is 143 Å². The molecule has 120 valence electrons. The minimum absolute atomic E-state index is 0.0244. The molecule has 23 heavy (non-hydrogen) atoms. The van der Waals surface area contributed by atoms with Crippen molar-refractivity contribution in [3.63, 3.8) is 0 Å². The number of carbonyl (C=O) groups excluding carboxylic acids is 2. The Morgan fingerprint density at radius 1 is 1.13 bits per heavy atom. The normalized spacial score (nSPS) is 10.3. The van der Waals surface area contributed by atoms with Crippen molar-refractivity contribution in [2.45, 2.75) is 0 Å². The molecular formula is C17H16ClNO3S. The number of nitrogens with one attached hydrogen (secondary N) is 1. The molecule has 6 heteroatoms. The zero-order valence-electron chi connectivity index (χ0n) is 12.3. The first-order valence-corrected chi connectivity index (χ1v) is 8.53. The van der Waals surface area contributed by atoms with Crippen LogP contribution < -0.4 is 5.32 Å². The topological polar surface area (TPSA) is 66.4 Å². The van der Waals surface area contributed by atoms with Gasteiger partial charge in [-0.3, -0.25) is 9.59 Å². The van der Waals surface area contributed by atoms with E-state index in [2.05, 4.69) is 5.32 Å². The Kier molecular flexibility index (Phi) is 6.65. The van der Waals surface area contributed by atoms with Crippen molar-refractivity contribution in [3.05, 3.63) is 64.7 Å². The lowest BCUT2D eigenvalue weighted by atomic mass is 10.0. The fraction of sp³-hybridized carbons (Fsp3) is 0.176. The minimum atomic E-state index is -0.229. The summed E-state index contributed by atoms with van der Waals surface area (Å²) in [5.41, 5.74) is 1.31. The highest BCUT2D eigenvalue weighted by molar-refractivity contribution is 7.99. The van der Waals surface area contributed by atoms with E-state index in [4.69, 9.17) is 16.7 Å². The smallest absolute Gasteiger partial charge is 0.234 e. The number of benzene rings is 2. The summed E-state index contributed by atoms with van der Waals surface area (Å²) in [5.74, 6) is 0.269. The lowest BCUT2D eigenvalue weighted by Gasteiger charge is -2.11. The van der Waals surface area contributed by atoms with Gasteiger partial charge in [0.25, 0.3) is 0 Å². The van der Waals surface area contributed by atoms with Gasteiger partial charge in [0.2, 0.25) is 5.91 Å². The number of carbonyl (C=O) groups is 2. The van der Waals surface area contributed by atoms with E-state index >= 15 is 0 Å². The molecule has 0 aliphatic heterocycles. The number of aliphatic hydroxyl groups excluding tert-OH is 1. The lowest BCUT2D eigenvalue weighted by molar-refractivity contribution is -0.113. The van der Waals surface area contributed by atoms with Gasteiger partial charge in [-0.05, 0) is 18.2 Å². The van der Waals surface area contributed by atoms with E-state index in [9.17, 15) is 9.59 Å². The van der Waals surface area contributed by atoms with Crippen molar-refractivity contribution < 1.29 is 14.7 Å². The third kappa shape index (κ3) is 5.10. The fourth-order valence-corrected chi connectivity index (χ4v) is 2.68. The van der Waals surface area contributed by atoms with E-state index in [1.165, 1.54) is 11.8 Å². The van der Waals surface area contributed by atoms with Crippen molar-refractivity contribution in [3.8, 4) is 0 Å². The van der Waals surface area contributed by atoms with Crippen molar-refractivity contribution >= 4 is 40.7 Å². The maximum atomic E-state index is 12.6. The van der Waals surface area contributed by atoms with Gasteiger partial charge in [0.05, 0.1) is 18.0 Å². The van der Waals surface area contributed by atoms with E-state index in [0.29, 0.717) is 27.6 Å². The van der Waals surface area contributed by atoms with Gasteiger partial charge in [0.15, 0.2) is 5.78 Å². The number of thioether (sulfide) groups is 1. The van der Waals surface area contributed by atoms with Crippen LogP contribution in [0, 0.1) is 0 Å². The summed E-state index contributed by atoms with van der Waals surface area (Å²) in [6.45, 7) is 0.0244. The molecule has 2 aromatic carbocycles. The monoisotopic (exact) mass is 349 g/mol. The molecule has 2 N–H and O–H groups in total. The third-order valence-corrected chi connectivity index (χ3v) is 4.18. The molecule has 0 unspecified atom stereocenters. The van der Waals surface area contributed by atoms with Crippen LogP contribution in [-0.2, 0) is 4.79 Å². The van der Waals surface area contributed by atoms with Crippen LogP contribution in [-0.4, -0.2) is 34.9 Å². The van der Waals surface area contributed by atoms with Crippen LogP contribution in [0.3, 0.4) is 0 Å². The number of anilines is 1. The van der Waals surface area contributed by atoms with Gasteiger partial charge in [0, 0.05) is 21.9 Å². The van der Waals surface area contributed by atoms with Crippen LogP contribution in [0.5, 0.6) is 0 Å². The number of ketones is 1. The fourth-order valence-electron chi connectivity index (χ4n) is 1.97. The highest BCUT2D eigenvalue weighted by atomic mass is 35.5. The van der Waals surface area contributed by atoms with Gasteiger partial charge in [-0.1, -0.05) is 41.9 Å². The minimum Gasteiger partial charge on any atom is -0.396 e. The number of amides is 1. The molecule has 0 spiro atoms. The number of hydrogen-bond acceptors (Lipinski definition) is 4. The van der Waals surface area contributed by atoms with Gasteiger partial charge < -0.3 is 10.4 Å². The van der Waals surface area contributed by atoms with Crippen LogP contribution in [0.15, 0.2) is 48.5 Å². The molecule has 0 aromatic heterocycles. The zero-order valence-corrected chi connectivity index (χ0v) is 13.9. The summed E-state index contributed by atoms with van der Waals surface area (Å²) < 4.78 is 0.